The van der Waals surface area contributed by atoms with Crippen LogP contribution < -0.4 is 0 Å². The first-order valence-electron chi connectivity index (χ1n) is 3.94. The number of aromatic carboxylic acids is 1. The van der Waals surface area contributed by atoms with E-state index in [2.05, 4.69) is 9.68 Å². The summed E-state index contributed by atoms with van der Waals surface area (Å²) in [6.07, 6.45) is 0.922. The van der Waals surface area contributed by atoms with Crippen molar-refractivity contribution in [3.05, 3.63) is 21.6 Å². The third kappa shape index (κ3) is 1.70. The van der Waals surface area contributed by atoms with Gasteiger partial charge in [0, 0.05) is 6.42 Å². The summed E-state index contributed by atoms with van der Waals surface area (Å²) in [5, 5.41) is 22.2. The highest BCUT2D eigenvalue weighted by atomic mass is 16.6. The molecule has 0 bridgehead atoms. The second-order valence-electron chi connectivity index (χ2n) is 2.62. The van der Waals surface area contributed by atoms with Crippen molar-refractivity contribution in [3.63, 3.8) is 0 Å². The Morgan fingerprint density at radius 3 is 2.79 bits per heavy atom. The van der Waals surface area contributed by atoms with Gasteiger partial charge in [0.1, 0.15) is 0 Å². The van der Waals surface area contributed by atoms with Crippen LogP contribution >= 0.6 is 0 Å². The molecule has 14 heavy (non-hydrogen) atoms. The third-order valence-electron chi connectivity index (χ3n) is 1.60. The molecule has 7 heteroatoms. The van der Waals surface area contributed by atoms with Gasteiger partial charge in [-0.05, 0) is 6.42 Å². The van der Waals surface area contributed by atoms with Gasteiger partial charge in [0.25, 0.3) is 5.69 Å². The minimum absolute atomic E-state index is 0.00917. The lowest BCUT2D eigenvalue weighted by Crippen LogP contribution is -2.02. The van der Waals surface area contributed by atoms with Gasteiger partial charge >= 0.3 is 11.7 Å². The zero-order valence-corrected chi connectivity index (χ0v) is 7.39. The van der Waals surface area contributed by atoms with E-state index in [9.17, 15) is 14.9 Å². The molecule has 0 atom stereocenters. The highest BCUT2D eigenvalue weighted by Gasteiger charge is 2.30. The molecule has 0 unspecified atom stereocenters. The van der Waals surface area contributed by atoms with Crippen LogP contribution in [0, 0.1) is 10.1 Å². The van der Waals surface area contributed by atoms with Crippen molar-refractivity contribution in [2.75, 3.05) is 0 Å². The second kappa shape index (κ2) is 3.86. The average molecular weight is 200 g/mol. The maximum Gasteiger partial charge on any atom is 0.365 e. The largest absolute Gasteiger partial charge is 0.476 e. The topological polar surface area (TPSA) is 106 Å². The molecule has 76 valence electrons. The molecule has 0 radical (unpaired) electrons. The van der Waals surface area contributed by atoms with Gasteiger partial charge in [0.2, 0.25) is 5.76 Å². The van der Waals surface area contributed by atoms with Crippen LogP contribution in [0.3, 0.4) is 0 Å². The van der Waals surface area contributed by atoms with Gasteiger partial charge in [-0.2, -0.15) is 0 Å². The highest BCUT2D eigenvalue weighted by Crippen LogP contribution is 2.24. The number of hydrogen-bond donors (Lipinski definition) is 1. The number of carboxylic acids is 1. The Bertz CT molecular complexity index is 370. The molecule has 1 N–H and O–H groups in total. The molecule has 7 nitrogen and oxygen atoms in total. The molecule has 0 aliphatic rings. The van der Waals surface area contributed by atoms with E-state index in [1.165, 1.54) is 0 Å². The number of hydrogen-bond acceptors (Lipinski definition) is 5. The van der Waals surface area contributed by atoms with Gasteiger partial charge in [-0.15, -0.1) is 0 Å². The number of nitro groups is 1. The summed E-state index contributed by atoms with van der Waals surface area (Å²) in [6, 6.07) is 0. The van der Waals surface area contributed by atoms with Crippen LogP contribution in [0.15, 0.2) is 4.52 Å². The summed E-state index contributed by atoms with van der Waals surface area (Å²) < 4.78 is 4.59. The van der Waals surface area contributed by atoms with Crippen LogP contribution in [0.25, 0.3) is 0 Å². The standard InChI is InChI=1S/C7H8N2O5/c1-2-3-4-6(9(12)13)5(7(10)11)8-14-4/h2-3H2,1H3,(H,10,11). The lowest BCUT2D eigenvalue weighted by molar-refractivity contribution is -0.386. The van der Waals surface area contributed by atoms with Crippen LogP contribution in [-0.2, 0) is 6.42 Å². The van der Waals surface area contributed by atoms with E-state index in [1.54, 1.807) is 6.92 Å². The zero-order chi connectivity index (χ0) is 10.7. The second-order valence-corrected chi connectivity index (χ2v) is 2.62. The van der Waals surface area contributed by atoms with Crippen molar-refractivity contribution in [1.29, 1.82) is 0 Å². The number of carboxylic acid groups (broad SMARTS) is 1. The molecule has 0 fully saturated rings. The van der Waals surface area contributed by atoms with Crippen LogP contribution in [0.2, 0.25) is 0 Å². The monoisotopic (exact) mass is 200 g/mol. The van der Waals surface area contributed by atoms with Gasteiger partial charge in [0.05, 0.1) is 4.92 Å². The Labute approximate surface area is 78.5 Å². The summed E-state index contributed by atoms with van der Waals surface area (Å²) in [6.45, 7) is 1.80. The molecule has 1 heterocycles. The Balaban J connectivity index is 3.20. The summed E-state index contributed by atoms with van der Waals surface area (Å²) in [5.74, 6) is -1.45. The number of nitrogens with zero attached hydrogens (tertiary/aromatic N) is 2. The van der Waals surface area contributed by atoms with Crippen LogP contribution in [-0.4, -0.2) is 21.2 Å². The maximum absolute atomic E-state index is 10.5. The molecule has 0 spiro atoms. The predicted octanol–water partition coefficient (Wildman–Crippen LogP) is 1.23. The van der Waals surface area contributed by atoms with Crippen molar-refractivity contribution < 1.29 is 19.3 Å². The van der Waals surface area contributed by atoms with E-state index in [4.69, 9.17) is 5.11 Å². The summed E-state index contributed by atoms with van der Waals surface area (Å²) in [4.78, 5) is 20.3. The van der Waals surface area contributed by atoms with Crippen LogP contribution in [0.5, 0.6) is 0 Å². The summed E-state index contributed by atoms with van der Waals surface area (Å²) in [5.41, 5.74) is -1.18. The first-order chi connectivity index (χ1) is 6.57. The van der Waals surface area contributed by atoms with Gasteiger partial charge in [0.15, 0.2) is 0 Å². The Hall–Kier alpha value is -1.92. The van der Waals surface area contributed by atoms with E-state index < -0.39 is 22.3 Å². The molecular weight excluding hydrogens is 192 g/mol. The van der Waals surface area contributed by atoms with Crippen LogP contribution in [0.4, 0.5) is 5.69 Å². The number of carbonyl (C=O) groups is 1. The molecule has 0 amide bonds. The van der Waals surface area contributed by atoms with E-state index in [-0.39, 0.29) is 5.76 Å². The van der Waals surface area contributed by atoms with Gasteiger partial charge in [-0.1, -0.05) is 12.1 Å². The Kier molecular flexibility index (Phi) is 2.80. The number of aryl methyl sites for hydroxylation is 1. The predicted molar refractivity (Wildman–Crippen MR) is 44.1 cm³/mol. The smallest absolute Gasteiger partial charge is 0.365 e. The number of aromatic nitrogens is 1. The van der Waals surface area contributed by atoms with Crippen molar-refractivity contribution >= 4 is 11.7 Å². The van der Waals surface area contributed by atoms with Crippen molar-refractivity contribution in [1.82, 2.24) is 5.16 Å². The molecular formula is C7H8N2O5. The Morgan fingerprint density at radius 2 is 2.36 bits per heavy atom. The lowest BCUT2D eigenvalue weighted by Gasteiger charge is -1.90. The summed E-state index contributed by atoms with van der Waals surface area (Å²) in [7, 11) is 0. The minimum Gasteiger partial charge on any atom is -0.476 e. The van der Waals surface area contributed by atoms with Gasteiger partial charge in [-0.3, -0.25) is 10.1 Å². The van der Waals surface area contributed by atoms with E-state index in [1.807, 2.05) is 0 Å². The first-order valence-corrected chi connectivity index (χ1v) is 3.94. The molecule has 0 aliphatic carbocycles. The molecule has 0 saturated carbocycles. The molecule has 0 saturated heterocycles. The van der Waals surface area contributed by atoms with Crippen molar-refractivity contribution in [2.45, 2.75) is 19.8 Å². The van der Waals surface area contributed by atoms with E-state index in [0.29, 0.717) is 12.8 Å². The fourth-order valence-electron chi connectivity index (χ4n) is 1.04. The fraction of sp³-hybridized carbons (Fsp3) is 0.429. The average Bonchev–Trinajstić information content (AvgIpc) is 2.48. The molecule has 1 aromatic heterocycles. The third-order valence-corrected chi connectivity index (χ3v) is 1.60. The van der Waals surface area contributed by atoms with Gasteiger partial charge < -0.3 is 9.63 Å². The normalized spacial score (nSPS) is 10.1. The zero-order valence-electron chi connectivity index (χ0n) is 7.39. The maximum atomic E-state index is 10.5. The van der Waals surface area contributed by atoms with Gasteiger partial charge in [-0.25, -0.2) is 4.79 Å². The first kappa shape index (κ1) is 10.2. The SMILES string of the molecule is CCCc1onc(C(=O)O)c1[N+](=O)[O-]. The number of rotatable bonds is 4. The van der Waals surface area contributed by atoms with Crippen LogP contribution in [0.1, 0.15) is 29.6 Å². The van der Waals surface area contributed by atoms with E-state index >= 15 is 0 Å². The molecule has 0 aromatic carbocycles. The van der Waals surface area contributed by atoms with Crippen molar-refractivity contribution in [2.24, 2.45) is 0 Å². The molecule has 1 rings (SSSR count). The molecule has 1 aromatic rings. The quantitative estimate of drug-likeness (QED) is 0.578. The van der Waals surface area contributed by atoms with E-state index in [0.717, 1.165) is 0 Å². The highest BCUT2D eigenvalue weighted by molar-refractivity contribution is 5.90. The minimum atomic E-state index is -1.46. The fourth-order valence-corrected chi connectivity index (χ4v) is 1.04. The van der Waals surface area contributed by atoms with Crippen molar-refractivity contribution in [3.8, 4) is 0 Å². The summed E-state index contributed by atoms with van der Waals surface area (Å²) >= 11 is 0. The Morgan fingerprint density at radius 1 is 1.71 bits per heavy atom. The lowest BCUT2D eigenvalue weighted by atomic mass is 10.2. The molecule has 0 aliphatic heterocycles.